The van der Waals surface area contributed by atoms with Crippen LogP contribution in [0.5, 0.6) is 0 Å². The Morgan fingerprint density at radius 1 is 1.16 bits per heavy atom. The molecular weight excluding hydrogens is 400 g/mol. The molecule has 5 aliphatic rings. The van der Waals surface area contributed by atoms with Crippen LogP contribution in [0.3, 0.4) is 0 Å². The van der Waals surface area contributed by atoms with Gasteiger partial charge in [-0.15, -0.1) is 0 Å². The molecule has 31 heavy (non-hydrogen) atoms. The number of ether oxygens (including phenoxy) is 3. The number of rotatable bonds is 2. The molecule has 0 aromatic carbocycles. The molecule has 2 bridgehead atoms. The number of allylic oxidation sites excluding steroid dienone is 1. The van der Waals surface area contributed by atoms with Crippen LogP contribution in [-0.4, -0.2) is 53.3 Å². The van der Waals surface area contributed by atoms with Crippen molar-refractivity contribution in [2.24, 2.45) is 22.7 Å². The summed E-state index contributed by atoms with van der Waals surface area (Å²) in [4.78, 5) is 37.8. The van der Waals surface area contributed by atoms with Crippen LogP contribution in [0.4, 0.5) is 0 Å². The van der Waals surface area contributed by atoms with Gasteiger partial charge in [-0.3, -0.25) is 9.59 Å². The lowest BCUT2D eigenvalue weighted by Gasteiger charge is -2.67. The number of methoxy groups -OCH3 is 1. The van der Waals surface area contributed by atoms with Gasteiger partial charge in [-0.2, -0.15) is 0 Å². The monoisotopic (exact) mass is 432 g/mol. The van der Waals surface area contributed by atoms with E-state index in [4.69, 9.17) is 14.2 Å². The second-order valence-corrected chi connectivity index (χ2v) is 10.7. The van der Waals surface area contributed by atoms with Crippen LogP contribution in [-0.2, 0) is 28.6 Å². The smallest absolute Gasteiger partial charge is 0.377 e. The van der Waals surface area contributed by atoms with Crippen molar-refractivity contribution >= 4 is 17.5 Å². The van der Waals surface area contributed by atoms with E-state index in [0.29, 0.717) is 25.7 Å². The average Bonchev–Trinajstić information content (AvgIpc) is 2.85. The predicted octanol–water partition coefficient (Wildman–Crippen LogP) is 2.49. The van der Waals surface area contributed by atoms with Gasteiger partial charge < -0.3 is 19.3 Å². The van der Waals surface area contributed by atoms with Crippen LogP contribution in [0.25, 0.3) is 0 Å². The highest BCUT2D eigenvalue weighted by molar-refractivity contribution is 6.37. The first-order chi connectivity index (χ1) is 14.5. The van der Waals surface area contributed by atoms with E-state index in [9.17, 15) is 19.5 Å². The van der Waals surface area contributed by atoms with Gasteiger partial charge in [0.25, 0.3) is 5.78 Å². The second-order valence-electron chi connectivity index (χ2n) is 10.7. The fraction of sp³-hybridized carbons (Fsp3) is 0.792. The van der Waals surface area contributed by atoms with Gasteiger partial charge >= 0.3 is 5.97 Å². The van der Waals surface area contributed by atoms with E-state index in [1.54, 1.807) is 13.0 Å². The Labute approximate surface area is 182 Å². The summed E-state index contributed by atoms with van der Waals surface area (Å²) in [6, 6.07) is 0. The van der Waals surface area contributed by atoms with Gasteiger partial charge in [-0.25, -0.2) is 4.79 Å². The first-order valence-electron chi connectivity index (χ1n) is 11.4. The summed E-state index contributed by atoms with van der Waals surface area (Å²) in [7, 11) is 1.20. The lowest BCUT2D eigenvalue weighted by Crippen LogP contribution is -2.74. The van der Waals surface area contributed by atoms with Gasteiger partial charge in [0.2, 0.25) is 0 Å². The van der Waals surface area contributed by atoms with E-state index in [-0.39, 0.29) is 23.0 Å². The lowest BCUT2D eigenvalue weighted by atomic mass is 9.43. The Morgan fingerprint density at radius 2 is 1.90 bits per heavy atom. The molecule has 0 spiro atoms. The molecule has 0 amide bonds. The standard InChI is InChI=1S/C24H32O7/c1-13-30-23-9-10-24(31-13,19(27)20(28)29-4)22(23,3)12-17(26)18-16(23)6-5-14-11-15(25)7-8-21(14,18)2/h11,13,16-18,26H,5-10,12H2,1-4H3/t13?,16-,17+,18-,21+,22+,23-,24-/m1/s1. The molecule has 0 aromatic heterocycles. The van der Waals surface area contributed by atoms with Crippen LogP contribution in [0, 0.1) is 22.7 Å². The highest BCUT2D eigenvalue weighted by Crippen LogP contribution is 2.73. The largest absolute Gasteiger partial charge is 0.463 e. The van der Waals surface area contributed by atoms with Crippen molar-refractivity contribution in [3.8, 4) is 0 Å². The summed E-state index contributed by atoms with van der Waals surface area (Å²) >= 11 is 0. The molecule has 0 radical (unpaired) electrons. The normalized spacial score (nSPS) is 50.6. The summed E-state index contributed by atoms with van der Waals surface area (Å²) in [6.07, 6.45) is 4.52. The minimum atomic E-state index is -1.36. The van der Waals surface area contributed by atoms with Crippen LogP contribution in [0.2, 0.25) is 0 Å². The van der Waals surface area contributed by atoms with Gasteiger partial charge in [-0.05, 0) is 68.8 Å². The highest BCUT2D eigenvalue weighted by Gasteiger charge is 2.80. The van der Waals surface area contributed by atoms with Crippen molar-refractivity contribution in [2.45, 2.75) is 89.3 Å². The summed E-state index contributed by atoms with van der Waals surface area (Å²) in [5.74, 6) is -1.47. The number of esters is 1. The van der Waals surface area contributed by atoms with Crippen molar-refractivity contribution in [1.82, 2.24) is 0 Å². The molecule has 7 heteroatoms. The Kier molecular flexibility index (Phi) is 4.45. The Hall–Kier alpha value is -1.57. The highest BCUT2D eigenvalue weighted by atomic mass is 16.7. The van der Waals surface area contributed by atoms with Crippen LogP contribution in [0.1, 0.15) is 65.7 Å². The van der Waals surface area contributed by atoms with Gasteiger partial charge in [0.05, 0.1) is 18.8 Å². The molecular formula is C24H32O7. The number of hydrogen-bond donors (Lipinski definition) is 1. The van der Waals surface area contributed by atoms with Crippen LogP contribution in [0.15, 0.2) is 11.6 Å². The summed E-state index contributed by atoms with van der Waals surface area (Å²) in [6.45, 7) is 5.90. The number of hydrogen-bond acceptors (Lipinski definition) is 7. The SMILES string of the molecule is COC(=O)C(=O)[C@@]12CC[C@@]3(OC(C)O1)[C@@H]1CCC4=CC(=O)CC[C@]4(C)[C@H]1[C@@H](O)C[C@]23C. The number of carbonyl (C=O) groups is 3. The molecule has 1 N–H and O–H groups in total. The van der Waals surface area contributed by atoms with Gasteiger partial charge in [0.15, 0.2) is 12.1 Å². The van der Waals surface area contributed by atoms with E-state index in [0.717, 1.165) is 24.8 Å². The van der Waals surface area contributed by atoms with Crippen LogP contribution < -0.4 is 0 Å². The van der Waals surface area contributed by atoms with E-state index in [1.807, 2.05) is 6.92 Å². The topological polar surface area (TPSA) is 99.1 Å². The molecule has 1 saturated heterocycles. The third-order valence-corrected chi connectivity index (χ3v) is 9.64. The van der Waals surface area contributed by atoms with E-state index in [2.05, 4.69) is 6.92 Å². The summed E-state index contributed by atoms with van der Waals surface area (Å²) in [5.41, 5.74) is -2.01. The zero-order valence-electron chi connectivity index (χ0n) is 18.7. The number of aliphatic hydroxyl groups excluding tert-OH is 1. The number of ketones is 2. The molecule has 170 valence electrons. The molecule has 1 unspecified atom stereocenters. The zero-order chi connectivity index (χ0) is 22.4. The molecule has 4 fully saturated rings. The van der Waals surface area contributed by atoms with E-state index in [1.165, 1.54) is 7.11 Å². The third kappa shape index (κ3) is 2.38. The number of fused-ring (bicyclic) bond motifs is 3. The lowest BCUT2D eigenvalue weighted by molar-refractivity contribution is -0.372. The molecule has 7 nitrogen and oxygen atoms in total. The average molecular weight is 433 g/mol. The third-order valence-electron chi connectivity index (χ3n) is 9.64. The Bertz CT molecular complexity index is 894. The van der Waals surface area contributed by atoms with Crippen molar-refractivity contribution in [1.29, 1.82) is 0 Å². The quantitative estimate of drug-likeness (QED) is 0.529. The minimum absolute atomic E-state index is 0.00951. The maximum absolute atomic E-state index is 13.3. The Balaban J connectivity index is 1.64. The fourth-order valence-corrected chi connectivity index (χ4v) is 8.34. The van der Waals surface area contributed by atoms with Crippen molar-refractivity contribution in [3.63, 3.8) is 0 Å². The maximum atomic E-state index is 13.3. The molecule has 5 rings (SSSR count). The van der Waals surface area contributed by atoms with Gasteiger partial charge in [0, 0.05) is 11.8 Å². The van der Waals surface area contributed by atoms with Gasteiger partial charge in [-0.1, -0.05) is 19.4 Å². The minimum Gasteiger partial charge on any atom is -0.463 e. The first kappa shape index (κ1) is 21.3. The summed E-state index contributed by atoms with van der Waals surface area (Å²) < 4.78 is 17.5. The molecule has 4 aliphatic carbocycles. The maximum Gasteiger partial charge on any atom is 0.377 e. The number of carbonyl (C=O) groups excluding carboxylic acids is 3. The van der Waals surface area contributed by atoms with Crippen molar-refractivity contribution in [3.05, 3.63) is 11.6 Å². The molecule has 1 aliphatic heterocycles. The Morgan fingerprint density at radius 3 is 2.61 bits per heavy atom. The summed E-state index contributed by atoms with van der Waals surface area (Å²) in [5, 5.41) is 11.5. The molecule has 1 heterocycles. The fourth-order valence-electron chi connectivity index (χ4n) is 8.34. The van der Waals surface area contributed by atoms with Crippen molar-refractivity contribution in [2.75, 3.05) is 7.11 Å². The predicted molar refractivity (Wildman–Crippen MR) is 109 cm³/mol. The van der Waals surface area contributed by atoms with E-state index < -0.39 is 40.8 Å². The van der Waals surface area contributed by atoms with Crippen molar-refractivity contribution < 1.29 is 33.7 Å². The molecule has 3 saturated carbocycles. The second kappa shape index (κ2) is 6.49. The number of Topliss-reactive ketones (excluding diaryl/α,β-unsaturated/α-hetero) is 1. The molecule has 8 atom stereocenters. The zero-order valence-corrected chi connectivity index (χ0v) is 18.7. The van der Waals surface area contributed by atoms with Gasteiger partial charge in [0.1, 0.15) is 5.60 Å². The first-order valence-corrected chi connectivity index (χ1v) is 11.4. The van der Waals surface area contributed by atoms with E-state index >= 15 is 0 Å². The molecule has 0 aromatic rings. The number of aliphatic hydroxyl groups is 1. The van der Waals surface area contributed by atoms with Crippen LogP contribution >= 0.6 is 0 Å².